The molecule has 16 nitrogen and oxygen atoms in total. The zero-order chi connectivity index (χ0) is 35.7. The summed E-state index contributed by atoms with van der Waals surface area (Å²) in [5, 5.41) is 41.4. The highest BCUT2D eigenvalue weighted by Crippen LogP contribution is 2.11. The molecule has 12 N–H and O–H groups in total. The molecule has 0 heterocycles. The fraction of sp³-hybridized carbons (Fsp3) is 0.800. The van der Waals surface area contributed by atoms with E-state index in [4.69, 9.17) is 11.5 Å². The van der Waals surface area contributed by atoms with Gasteiger partial charge in [0.1, 0.15) is 24.2 Å². The third-order valence-electron chi connectivity index (χ3n) is 7.14. The van der Waals surface area contributed by atoms with Crippen molar-refractivity contribution in [2.75, 3.05) is 13.2 Å². The standard InChI is InChI=1S/C30H57N7O9/c1-15(2)12-20(26(41)35-21(13-16(3)4)27(42)37-24(18(7)39)30(45)46)34-25(40)19(10-8-9-11-31)33-28(43)22(14-38)36-29(44)23(32)17(5)6/h15-24,38-39H,8-14,31-32H2,1-7H3,(H,33,43)(H,34,40)(H,35,41)(H,36,44)(H,37,42)(H,45,46)/t18-,19+,20+,21+,22+,23+,24+/m1/s1. The van der Waals surface area contributed by atoms with E-state index >= 15 is 0 Å². The molecule has 0 saturated carbocycles. The van der Waals surface area contributed by atoms with Crippen LogP contribution in [0, 0.1) is 17.8 Å². The maximum atomic E-state index is 13.5. The Morgan fingerprint density at radius 3 is 1.43 bits per heavy atom. The van der Waals surface area contributed by atoms with Gasteiger partial charge in [-0.15, -0.1) is 0 Å². The van der Waals surface area contributed by atoms with Crippen molar-refractivity contribution in [2.24, 2.45) is 29.2 Å². The van der Waals surface area contributed by atoms with E-state index in [0.717, 1.165) is 0 Å². The second kappa shape index (κ2) is 21.5. The molecule has 266 valence electrons. The van der Waals surface area contributed by atoms with Crippen LogP contribution >= 0.6 is 0 Å². The third-order valence-corrected chi connectivity index (χ3v) is 7.14. The topological polar surface area (TPSA) is 275 Å². The second-order valence-corrected chi connectivity index (χ2v) is 12.8. The molecule has 0 aliphatic heterocycles. The minimum absolute atomic E-state index is 0.0931. The van der Waals surface area contributed by atoms with Gasteiger partial charge in [0.15, 0.2) is 6.04 Å². The van der Waals surface area contributed by atoms with Crippen molar-refractivity contribution >= 4 is 35.5 Å². The molecule has 0 aromatic heterocycles. The maximum Gasteiger partial charge on any atom is 0.328 e. The van der Waals surface area contributed by atoms with Gasteiger partial charge in [0.05, 0.1) is 18.8 Å². The van der Waals surface area contributed by atoms with Crippen molar-refractivity contribution in [1.82, 2.24) is 26.6 Å². The Balaban J connectivity index is 6.02. The number of nitrogens with two attached hydrogens (primary N) is 2. The molecule has 0 fully saturated rings. The molecule has 16 heteroatoms. The fourth-order valence-electron chi connectivity index (χ4n) is 4.39. The van der Waals surface area contributed by atoms with E-state index in [1.807, 2.05) is 13.8 Å². The number of carbonyl (C=O) groups excluding carboxylic acids is 5. The number of carboxylic acids is 1. The number of carbonyl (C=O) groups is 6. The SMILES string of the molecule is CC(C)C[C@H](NC(=O)[C@H](CCCCN)NC(=O)[C@H](CO)NC(=O)[C@@H](N)C(C)C)C(=O)N[C@@H](CC(C)C)C(=O)N[C@H](C(=O)O)[C@@H](C)O. The van der Waals surface area contributed by atoms with E-state index < -0.39 is 84.5 Å². The van der Waals surface area contributed by atoms with Crippen LogP contribution in [0.3, 0.4) is 0 Å². The molecule has 0 radical (unpaired) electrons. The smallest absolute Gasteiger partial charge is 0.328 e. The average molecular weight is 660 g/mol. The van der Waals surface area contributed by atoms with Gasteiger partial charge < -0.3 is 53.4 Å². The van der Waals surface area contributed by atoms with Crippen molar-refractivity contribution < 1.29 is 44.1 Å². The molecule has 0 unspecified atom stereocenters. The molecule has 0 rings (SSSR count). The van der Waals surface area contributed by atoms with Crippen LogP contribution in [-0.2, 0) is 28.8 Å². The van der Waals surface area contributed by atoms with Crippen LogP contribution < -0.4 is 38.1 Å². The van der Waals surface area contributed by atoms with E-state index in [0.29, 0.717) is 19.4 Å². The third kappa shape index (κ3) is 15.8. The van der Waals surface area contributed by atoms with Crippen LogP contribution in [0.4, 0.5) is 0 Å². The van der Waals surface area contributed by atoms with Crippen molar-refractivity contribution in [1.29, 1.82) is 0 Å². The highest BCUT2D eigenvalue weighted by molar-refractivity contribution is 5.96. The monoisotopic (exact) mass is 659 g/mol. The molecule has 46 heavy (non-hydrogen) atoms. The molecule has 0 bridgehead atoms. The lowest BCUT2D eigenvalue weighted by molar-refractivity contribution is -0.145. The summed E-state index contributed by atoms with van der Waals surface area (Å²) in [4.78, 5) is 77.0. The summed E-state index contributed by atoms with van der Waals surface area (Å²) in [5.41, 5.74) is 11.4. The number of nitrogens with one attached hydrogen (secondary N) is 5. The molecule has 5 amide bonds. The normalized spacial score (nSPS) is 16.0. The molecule has 0 aliphatic carbocycles. The van der Waals surface area contributed by atoms with Crippen molar-refractivity contribution in [2.45, 2.75) is 123 Å². The minimum Gasteiger partial charge on any atom is -0.480 e. The predicted octanol–water partition coefficient (Wildman–Crippen LogP) is -1.93. The van der Waals surface area contributed by atoms with Crippen molar-refractivity contribution in [3.63, 3.8) is 0 Å². The van der Waals surface area contributed by atoms with Crippen LogP contribution in [0.1, 0.15) is 80.6 Å². The maximum absolute atomic E-state index is 13.5. The van der Waals surface area contributed by atoms with Gasteiger partial charge in [0.25, 0.3) is 0 Å². The first kappa shape index (κ1) is 42.7. The van der Waals surface area contributed by atoms with Gasteiger partial charge in [0.2, 0.25) is 29.5 Å². The van der Waals surface area contributed by atoms with Gasteiger partial charge in [-0.3, -0.25) is 24.0 Å². The van der Waals surface area contributed by atoms with Crippen molar-refractivity contribution in [3.05, 3.63) is 0 Å². The summed E-state index contributed by atoms with van der Waals surface area (Å²) >= 11 is 0. The number of aliphatic hydroxyl groups is 2. The first-order valence-corrected chi connectivity index (χ1v) is 15.8. The lowest BCUT2D eigenvalue weighted by atomic mass is 9.99. The molecule has 7 atom stereocenters. The Morgan fingerprint density at radius 2 is 1.04 bits per heavy atom. The summed E-state index contributed by atoms with van der Waals surface area (Å²) < 4.78 is 0. The predicted molar refractivity (Wildman–Crippen MR) is 171 cm³/mol. The largest absolute Gasteiger partial charge is 0.480 e. The Kier molecular flexibility index (Phi) is 19.9. The van der Waals surface area contributed by atoms with Crippen molar-refractivity contribution in [3.8, 4) is 0 Å². The van der Waals surface area contributed by atoms with Gasteiger partial charge in [-0.2, -0.15) is 0 Å². The highest BCUT2D eigenvalue weighted by Gasteiger charge is 2.34. The van der Waals surface area contributed by atoms with Crippen LogP contribution in [0.15, 0.2) is 0 Å². The highest BCUT2D eigenvalue weighted by atomic mass is 16.4. The number of carboxylic acid groups (broad SMARTS) is 1. The van der Waals surface area contributed by atoms with Gasteiger partial charge in [-0.1, -0.05) is 41.5 Å². The van der Waals surface area contributed by atoms with E-state index in [1.165, 1.54) is 6.92 Å². The summed E-state index contributed by atoms with van der Waals surface area (Å²) in [6, 6.07) is -7.40. The number of hydrogen-bond acceptors (Lipinski definition) is 10. The van der Waals surface area contributed by atoms with Gasteiger partial charge in [-0.25, -0.2) is 4.79 Å². The zero-order valence-electron chi connectivity index (χ0n) is 28.2. The number of unbranched alkanes of at least 4 members (excludes halogenated alkanes) is 1. The number of aliphatic carboxylic acids is 1. The molecule has 0 spiro atoms. The fourth-order valence-corrected chi connectivity index (χ4v) is 4.39. The Morgan fingerprint density at radius 1 is 0.630 bits per heavy atom. The molecule has 0 saturated heterocycles. The van der Waals surface area contributed by atoms with Gasteiger partial charge in [-0.05, 0) is 63.3 Å². The lowest BCUT2D eigenvalue weighted by Gasteiger charge is -2.28. The second-order valence-electron chi connectivity index (χ2n) is 12.8. The van der Waals surface area contributed by atoms with E-state index in [9.17, 15) is 44.1 Å². The average Bonchev–Trinajstić information content (AvgIpc) is 2.95. The molecule has 0 aromatic carbocycles. The lowest BCUT2D eigenvalue weighted by Crippen LogP contribution is -2.60. The summed E-state index contributed by atoms with van der Waals surface area (Å²) in [6.07, 6.45) is 0.00562. The number of aliphatic hydroxyl groups excluding tert-OH is 2. The molecular formula is C30H57N7O9. The van der Waals surface area contributed by atoms with Gasteiger partial charge >= 0.3 is 5.97 Å². The van der Waals surface area contributed by atoms with Crippen LogP contribution in [-0.4, -0.2) is 106 Å². The molecule has 0 aromatic rings. The number of rotatable bonds is 22. The quantitative estimate of drug-likeness (QED) is 0.0572. The zero-order valence-corrected chi connectivity index (χ0v) is 28.2. The van der Waals surface area contributed by atoms with E-state index in [2.05, 4.69) is 26.6 Å². The van der Waals surface area contributed by atoms with Crippen LogP contribution in [0.5, 0.6) is 0 Å². The van der Waals surface area contributed by atoms with E-state index in [1.54, 1.807) is 27.7 Å². The van der Waals surface area contributed by atoms with Gasteiger partial charge in [0, 0.05) is 0 Å². The summed E-state index contributed by atoms with van der Waals surface area (Å²) in [6.45, 7) is 11.5. The first-order chi connectivity index (χ1) is 21.4. The summed E-state index contributed by atoms with van der Waals surface area (Å²) in [5.74, 6) is -5.58. The van der Waals surface area contributed by atoms with Crippen LogP contribution in [0.25, 0.3) is 0 Å². The summed E-state index contributed by atoms with van der Waals surface area (Å²) in [7, 11) is 0. The molecular weight excluding hydrogens is 602 g/mol. The first-order valence-electron chi connectivity index (χ1n) is 15.8. The van der Waals surface area contributed by atoms with E-state index in [-0.39, 0.29) is 37.0 Å². The number of amides is 5. The Hall–Kier alpha value is -3.34. The Bertz CT molecular complexity index is 1010. The molecule has 0 aliphatic rings. The number of hydrogen-bond donors (Lipinski definition) is 10. The minimum atomic E-state index is -1.60. The van der Waals surface area contributed by atoms with Crippen LogP contribution in [0.2, 0.25) is 0 Å². The Labute approximate surface area is 271 Å².